The van der Waals surface area contributed by atoms with Gasteiger partial charge in [-0.25, -0.2) is 4.79 Å². The normalized spacial score (nSPS) is 22.1. The van der Waals surface area contributed by atoms with Crippen LogP contribution in [0.5, 0.6) is 0 Å². The predicted octanol–water partition coefficient (Wildman–Crippen LogP) is -0.0420. The number of carbonyl (C=O) groups is 2. The molecule has 0 bridgehead atoms. The maximum absolute atomic E-state index is 11.4. The van der Waals surface area contributed by atoms with E-state index in [1.54, 1.807) is 6.92 Å². The summed E-state index contributed by atoms with van der Waals surface area (Å²) in [5, 5.41) is 14.0. The SMILES string of the molecule is CC(CNC(=O)NCC1CCN(C)C1)C(=O)O. The van der Waals surface area contributed by atoms with Crippen LogP contribution in [0.25, 0.3) is 0 Å². The molecule has 1 aliphatic rings. The third-order valence-corrected chi connectivity index (χ3v) is 3.03. The van der Waals surface area contributed by atoms with Crippen molar-refractivity contribution in [1.82, 2.24) is 15.5 Å². The Balaban J connectivity index is 2.11. The Hall–Kier alpha value is -1.30. The van der Waals surface area contributed by atoms with Gasteiger partial charge in [-0.05, 0) is 25.9 Å². The molecular formula is C11H21N3O3. The summed E-state index contributed by atoms with van der Waals surface area (Å²) in [4.78, 5) is 24.2. The number of carbonyl (C=O) groups excluding carboxylic acids is 1. The summed E-state index contributed by atoms with van der Waals surface area (Å²) >= 11 is 0. The summed E-state index contributed by atoms with van der Waals surface area (Å²) in [6, 6.07) is -0.285. The van der Waals surface area contributed by atoms with Crippen molar-refractivity contribution < 1.29 is 14.7 Å². The van der Waals surface area contributed by atoms with Crippen LogP contribution in [-0.2, 0) is 4.79 Å². The van der Waals surface area contributed by atoms with E-state index in [0.29, 0.717) is 12.5 Å². The van der Waals surface area contributed by atoms with Crippen molar-refractivity contribution in [3.05, 3.63) is 0 Å². The molecule has 2 unspecified atom stereocenters. The average Bonchev–Trinajstić information content (AvgIpc) is 2.69. The second kappa shape index (κ2) is 6.44. The van der Waals surface area contributed by atoms with Gasteiger partial charge in [-0.1, -0.05) is 6.92 Å². The first-order chi connectivity index (χ1) is 7.99. The molecular weight excluding hydrogens is 222 g/mol. The molecule has 1 heterocycles. The van der Waals surface area contributed by atoms with Crippen molar-refractivity contribution in [1.29, 1.82) is 0 Å². The largest absolute Gasteiger partial charge is 0.481 e. The smallest absolute Gasteiger partial charge is 0.314 e. The molecule has 2 atom stereocenters. The monoisotopic (exact) mass is 243 g/mol. The lowest BCUT2D eigenvalue weighted by molar-refractivity contribution is -0.140. The minimum absolute atomic E-state index is 0.158. The van der Waals surface area contributed by atoms with E-state index >= 15 is 0 Å². The van der Waals surface area contributed by atoms with E-state index in [-0.39, 0.29) is 12.6 Å². The summed E-state index contributed by atoms with van der Waals surface area (Å²) in [6.45, 7) is 4.45. The number of rotatable bonds is 5. The Labute approximate surface area is 101 Å². The van der Waals surface area contributed by atoms with Crippen LogP contribution in [0.3, 0.4) is 0 Å². The van der Waals surface area contributed by atoms with Gasteiger partial charge in [0.25, 0.3) is 0 Å². The molecule has 1 aliphatic heterocycles. The minimum atomic E-state index is -0.900. The van der Waals surface area contributed by atoms with E-state index in [1.807, 2.05) is 0 Å². The van der Waals surface area contributed by atoms with Crippen molar-refractivity contribution in [2.75, 3.05) is 33.2 Å². The van der Waals surface area contributed by atoms with Crippen LogP contribution in [-0.4, -0.2) is 55.2 Å². The number of amides is 2. The highest BCUT2D eigenvalue weighted by molar-refractivity contribution is 5.75. The van der Waals surface area contributed by atoms with Gasteiger partial charge in [0.15, 0.2) is 0 Å². The lowest BCUT2D eigenvalue weighted by Gasteiger charge is -2.13. The fraction of sp³-hybridized carbons (Fsp3) is 0.818. The van der Waals surface area contributed by atoms with Crippen LogP contribution in [0.1, 0.15) is 13.3 Å². The highest BCUT2D eigenvalue weighted by atomic mass is 16.4. The van der Waals surface area contributed by atoms with Gasteiger partial charge in [0.2, 0.25) is 0 Å². The average molecular weight is 243 g/mol. The number of carboxylic acid groups (broad SMARTS) is 1. The lowest BCUT2D eigenvalue weighted by atomic mass is 10.1. The molecule has 17 heavy (non-hydrogen) atoms. The first-order valence-electron chi connectivity index (χ1n) is 5.92. The van der Waals surface area contributed by atoms with E-state index in [9.17, 15) is 9.59 Å². The molecule has 0 aromatic carbocycles. The molecule has 0 aromatic rings. The fourth-order valence-corrected chi connectivity index (χ4v) is 1.83. The second-order valence-corrected chi connectivity index (χ2v) is 4.75. The molecule has 2 amide bonds. The molecule has 3 N–H and O–H groups in total. The molecule has 0 spiro atoms. The standard InChI is InChI=1S/C11H21N3O3/c1-8(10(15)16)5-12-11(17)13-6-9-3-4-14(2)7-9/h8-9H,3-7H2,1-2H3,(H,15,16)(H2,12,13,17). The zero-order chi connectivity index (χ0) is 12.8. The highest BCUT2D eigenvalue weighted by Gasteiger charge is 2.20. The van der Waals surface area contributed by atoms with E-state index in [1.165, 1.54) is 0 Å². The lowest BCUT2D eigenvalue weighted by Crippen LogP contribution is -2.41. The van der Waals surface area contributed by atoms with E-state index in [2.05, 4.69) is 22.6 Å². The number of aliphatic carboxylic acids is 1. The first-order valence-corrected chi connectivity index (χ1v) is 5.92. The molecule has 1 rings (SSSR count). The van der Waals surface area contributed by atoms with E-state index < -0.39 is 11.9 Å². The molecule has 0 saturated carbocycles. The third-order valence-electron chi connectivity index (χ3n) is 3.03. The number of nitrogens with zero attached hydrogens (tertiary/aromatic N) is 1. The highest BCUT2D eigenvalue weighted by Crippen LogP contribution is 2.12. The number of carboxylic acids is 1. The van der Waals surface area contributed by atoms with Crippen molar-refractivity contribution in [3.63, 3.8) is 0 Å². The Morgan fingerprint density at radius 1 is 1.47 bits per heavy atom. The second-order valence-electron chi connectivity index (χ2n) is 4.75. The van der Waals surface area contributed by atoms with Crippen molar-refractivity contribution in [3.8, 4) is 0 Å². The maximum atomic E-state index is 11.4. The molecule has 6 nitrogen and oxygen atoms in total. The molecule has 0 aromatic heterocycles. The number of nitrogens with one attached hydrogen (secondary N) is 2. The van der Waals surface area contributed by atoms with Crippen LogP contribution in [0, 0.1) is 11.8 Å². The number of likely N-dealkylation sites (tertiary alicyclic amines) is 1. The van der Waals surface area contributed by atoms with E-state index in [4.69, 9.17) is 5.11 Å². The van der Waals surface area contributed by atoms with Crippen LogP contribution in [0.15, 0.2) is 0 Å². The van der Waals surface area contributed by atoms with E-state index in [0.717, 1.165) is 19.5 Å². The third kappa shape index (κ3) is 5.04. The zero-order valence-electron chi connectivity index (χ0n) is 10.4. The van der Waals surface area contributed by atoms with Gasteiger partial charge in [-0.15, -0.1) is 0 Å². The number of hydrogen-bond acceptors (Lipinski definition) is 3. The molecule has 6 heteroatoms. The van der Waals surface area contributed by atoms with Crippen molar-refractivity contribution in [2.24, 2.45) is 11.8 Å². The molecule has 1 saturated heterocycles. The van der Waals surface area contributed by atoms with Gasteiger partial charge in [-0.2, -0.15) is 0 Å². The number of hydrogen-bond donors (Lipinski definition) is 3. The molecule has 0 aliphatic carbocycles. The van der Waals surface area contributed by atoms with Gasteiger partial charge < -0.3 is 20.6 Å². The van der Waals surface area contributed by atoms with Gasteiger partial charge in [0, 0.05) is 19.6 Å². The zero-order valence-corrected chi connectivity index (χ0v) is 10.4. The Bertz CT molecular complexity index is 283. The maximum Gasteiger partial charge on any atom is 0.314 e. The predicted molar refractivity (Wildman–Crippen MR) is 63.8 cm³/mol. The summed E-state index contributed by atoms with van der Waals surface area (Å²) < 4.78 is 0. The summed E-state index contributed by atoms with van der Waals surface area (Å²) in [5.41, 5.74) is 0. The quantitative estimate of drug-likeness (QED) is 0.633. The van der Waals surface area contributed by atoms with Gasteiger partial charge >= 0.3 is 12.0 Å². The molecule has 1 fully saturated rings. The Kier molecular flexibility index (Phi) is 5.21. The van der Waals surface area contributed by atoms with Crippen LogP contribution in [0.2, 0.25) is 0 Å². The van der Waals surface area contributed by atoms with Crippen LogP contribution in [0.4, 0.5) is 4.79 Å². The van der Waals surface area contributed by atoms with Gasteiger partial charge in [-0.3, -0.25) is 4.79 Å². The van der Waals surface area contributed by atoms with Gasteiger partial charge in [0.05, 0.1) is 5.92 Å². The van der Waals surface area contributed by atoms with Crippen LogP contribution < -0.4 is 10.6 Å². The van der Waals surface area contributed by atoms with Crippen LogP contribution >= 0.6 is 0 Å². The molecule has 98 valence electrons. The number of urea groups is 1. The summed E-state index contributed by atoms with van der Waals surface area (Å²) in [6.07, 6.45) is 1.10. The molecule has 0 radical (unpaired) electrons. The Morgan fingerprint density at radius 2 is 2.18 bits per heavy atom. The Morgan fingerprint density at radius 3 is 2.71 bits per heavy atom. The van der Waals surface area contributed by atoms with Crippen molar-refractivity contribution in [2.45, 2.75) is 13.3 Å². The van der Waals surface area contributed by atoms with Crippen molar-refractivity contribution >= 4 is 12.0 Å². The summed E-state index contributed by atoms with van der Waals surface area (Å²) in [7, 11) is 2.06. The minimum Gasteiger partial charge on any atom is -0.481 e. The topological polar surface area (TPSA) is 81.7 Å². The first kappa shape index (κ1) is 13.8. The fourth-order valence-electron chi connectivity index (χ4n) is 1.83. The summed E-state index contributed by atoms with van der Waals surface area (Å²) in [5.74, 6) is -0.955. The van der Waals surface area contributed by atoms with Gasteiger partial charge in [0.1, 0.15) is 0 Å².